The van der Waals surface area contributed by atoms with Gasteiger partial charge in [-0.2, -0.15) is 0 Å². The first-order valence-corrected chi connectivity index (χ1v) is 6.72. The predicted octanol–water partition coefficient (Wildman–Crippen LogP) is 2.68. The van der Waals surface area contributed by atoms with E-state index in [4.69, 9.17) is 4.74 Å². The van der Waals surface area contributed by atoms with Gasteiger partial charge in [0.05, 0.1) is 0 Å². The van der Waals surface area contributed by atoms with Crippen molar-refractivity contribution in [2.75, 3.05) is 13.2 Å². The smallest absolute Gasteiger partial charge is 0.123 e. The Morgan fingerprint density at radius 3 is 2.11 bits per heavy atom. The molecule has 1 rings (SSSR count). The molecule has 0 fully saturated rings. The lowest BCUT2D eigenvalue weighted by Crippen LogP contribution is -2.43. The van der Waals surface area contributed by atoms with E-state index in [9.17, 15) is 9.50 Å². The van der Waals surface area contributed by atoms with E-state index >= 15 is 0 Å². The molecular formula is C15H24FNO2. The first-order chi connectivity index (χ1) is 8.90. The van der Waals surface area contributed by atoms with Gasteiger partial charge >= 0.3 is 0 Å². The molecule has 0 aromatic heterocycles. The molecule has 0 aliphatic rings. The summed E-state index contributed by atoms with van der Waals surface area (Å²) in [5.41, 5.74) is 0. The number of hydrogen-bond acceptors (Lipinski definition) is 3. The third-order valence-electron chi connectivity index (χ3n) is 3.00. The van der Waals surface area contributed by atoms with Crippen molar-refractivity contribution in [1.82, 2.24) is 4.90 Å². The van der Waals surface area contributed by atoms with E-state index in [1.165, 1.54) is 12.1 Å². The zero-order chi connectivity index (χ0) is 14.4. The monoisotopic (exact) mass is 269 g/mol. The normalized spacial score (nSPS) is 13.3. The van der Waals surface area contributed by atoms with E-state index in [1.807, 2.05) is 0 Å². The molecule has 0 saturated carbocycles. The van der Waals surface area contributed by atoms with Crippen LogP contribution in [0.2, 0.25) is 0 Å². The maximum atomic E-state index is 12.7. The number of rotatable bonds is 7. The van der Waals surface area contributed by atoms with Crippen LogP contribution in [0, 0.1) is 5.82 Å². The third-order valence-corrected chi connectivity index (χ3v) is 3.00. The average Bonchev–Trinajstić information content (AvgIpc) is 2.34. The van der Waals surface area contributed by atoms with Gasteiger partial charge in [0.25, 0.3) is 0 Å². The second kappa shape index (κ2) is 7.46. The summed E-state index contributed by atoms with van der Waals surface area (Å²) in [4.78, 5) is 2.21. The van der Waals surface area contributed by atoms with E-state index in [2.05, 4.69) is 32.6 Å². The molecule has 3 nitrogen and oxygen atoms in total. The second-order valence-corrected chi connectivity index (χ2v) is 5.30. The minimum absolute atomic E-state index is 0.210. The van der Waals surface area contributed by atoms with Gasteiger partial charge in [0.15, 0.2) is 0 Å². The zero-order valence-electron chi connectivity index (χ0n) is 12.1. The molecule has 0 spiro atoms. The molecule has 1 aromatic carbocycles. The predicted molar refractivity (Wildman–Crippen MR) is 74.9 cm³/mol. The average molecular weight is 269 g/mol. The van der Waals surface area contributed by atoms with E-state index < -0.39 is 6.10 Å². The van der Waals surface area contributed by atoms with Crippen LogP contribution in [-0.4, -0.2) is 41.3 Å². The molecule has 1 N–H and O–H groups in total. The van der Waals surface area contributed by atoms with Gasteiger partial charge < -0.3 is 9.84 Å². The van der Waals surface area contributed by atoms with Crippen LogP contribution in [-0.2, 0) is 0 Å². The number of aliphatic hydroxyl groups excluding tert-OH is 1. The molecule has 4 heteroatoms. The van der Waals surface area contributed by atoms with Gasteiger partial charge in [-0.15, -0.1) is 0 Å². The van der Waals surface area contributed by atoms with Crippen molar-refractivity contribution >= 4 is 0 Å². The minimum Gasteiger partial charge on any atom is -0.491 e. The third kappa shape index (κ3) is 5.57. The molecule has 108 valence electrons. The maximum absolute atomic E-state index is 12.7. The summed E-state index contributed by atoms with van der Waals surface area (Å²) in [6, 6.07) is 6.56. The molecule has 0 saturated heterocycles. The number of nitrogens with zero attached hydrogens (tertiary/aromatic N) is 1. The van der Waals surface area contributed by atoms with Crippen LogP contribution >= 0.6 is 0 Å². The van der Waals surface area contributed by atoms with Crippen LogP contribution in [0.3, 0.4) is 0 Å². The highest BCUT2D eigenvalue weighted by Crippen LogP contribution is 2.12. The van der Waals surface area contributed by atoms with Gasteiger partial charge in [-0.05, 0) is 52.0 Å². The Balaban J connectivity index is 2.42. The molecule has 0 aliphatic carbocycles. The van der Waals surface area contributed by atoms with Gasteiger partial charge in [-0.1, -0.05) is 0 Å². The lowest BCUT2D eigenvalue weighted by Gasteiger charge is -2.32. The number of hydrogen-bond donors (Lipinski definition) is 1. The van der Waals surface area contributed by atoms with Gasteiger partial charge in [-0.3, -0.25) is 4.90 Å². The summed E-state index contributed by atoms with van der Waals surface area (Å²) in [6.07, 6.45) is -0.560. The number of ether oxygens (including phenoxy) is 1. The van der Waals surface area contributed by atoms with E-state index in [0.717, 1.165) is 0 Å². The lowest BCUT2D eigenvalue weighted by atomic mass is 10.2. The molecule has 0 amide bonds. The second-order valence-electron chi connectivity index (χ2n) is 5.30. The summed E-state index contributed by atoms with van der Waals surface area (Å²) in [7, 11) is 0. The molecule has 0 heterocycles. The Bertz CT molecular complexity index is 357. The molecule has 19 heavy (non-hydrogen) atoms. The Hall–Kier alpha value is -1.13. The molecule has 0 aliphatic heterocycles. The summed E-state index contributed by atoms with van der Waals surface area (Å²) in [5, 5.41) is 9.99. The number of aliphatic hydroxyl groups is 1. The lowest BCUT2D eigenvalue weighted by molar-refractivity contribution is 0.0445. The van der Waals surface area contributed by atoms with Crippen molar-refractivity contribution in [3.63, 3.8) is 0 Å². The highest BCUT2D eigenvalue weighted by Gasteiger charge is 2.17. The van der Waals surface area contributed by atoms with Gasteiger partial charge in [-0.25, -0.2) is 4.39 Å². The van der Waals surface area contributed by atoms with Gasteiger partial charge in [0.1, 0.15) is 24.3 Å². The van der Waals surface area contributed by atoms with Crippen molar-refractivity contribution in [1.29, 1.82) is 0 Å². The van der Waals surface area contributed by atoms with Crippen LogP contribution in [0.4, 0.5) is 4.39 Å². The maximum Gasteiger partial charge on any atom is 0.123 e. The fourth-order valence-electron chi connectivity index (χ4n) is 2.04. The summed E-state index contributed by atoms with van der Waals surface area (Å²) < 4.78 is 18.2. The van der Waals surface area contributed by atoms with Gasteiger partial charge in [0.2, 0.25) is 0 Å². The molecular weight excluding hydrogens is 245 g/mol. The topological polar surface area (TPSA) is 32.7 Å². The molecule has 1 atom stereocenters. The van der Waals surface area contributed by atoms with Crippen molar-refractivity contribution < 1.29 is 14.2 Å². The van der Waals surface area contributed by atoms with Crippen molar-refractivity contribution in [2.45, 2.75) is 45.9 Å². The van der Waals surface area contributed by atoms with Crippen LogP contribution in [0.1, 0.15) is 27.7 Å². The first kappa shape index (κ1) is 15.9. The molecule has 1 unspecified atom stereocenters. The molecule has 0 bridgehead atoms. The SMILES string of the molecule is CC(C)N(CC(O)COc1ccc(F)cc1)C(C)C. The fourth-order valence-corrected chi connectivity index (χ4v) is 2.04. The van der Waals surface area contributed by atoms with Crippen LogP contribution in [0.15, 0.2) is 24.3 Å². The molecule has 1 aromatic rings. The number of benzene rings is 1. The summed E-state index contributed by atoms with van der Waals surface area (Å²) >= 11 is 0. The summed E-state index contributed by atoms with van der Waals surface area (Å²) in [5.74, 6) is 0.278. The fraction of sp³-hybridized carbons (Fsp3) is 0.600. The highest BCUT2D eigenvalue weighted by molar-refractivity contribution is 5.22. The van der Waals surface area contributed by atoms with Gasteiger partial charge in [0, 0.05) is 18.6 Å². The Morgan fingerprint density at radius 1 is 1.11 bits per heavy atom. The summed E-state index contributed by atoms with van der Waals surface area (Å²) in [6.45, 7) is 9.19. The standard InChI is InChI=1S/C15H24FNO2/c1-11(2)17(12(3)4)9-14(18)10-19-15-7-5-13(16)6-8-15/h5-8,11-12,14,18H,9-10H2,1-4H3. The van der Waals surface area contributed by atoms with E-state index in [1.54, 1.807) is 12.1 Å². The number of halogens is 1. The Kier molecular flexibility index (Phi) is 6.25. The zero-order valence-corrected chi connectivity index (χ0v) is 12.1. The van der Waals surface area contributed by atoms with Crippen molar-refractivity contribution in [2.24, 2.45) is 0 Å². The van der Waals surface area contributed by atoms with Crippen LogP contribution in [0.5, 0.6) is 5.75 Å². The van der Waals surface area contributed by atoms with Crippen LogP contribution < -0.4 is 4.74 Å². The van der Waals surface area contributed by atoms with E-state index in [0.29, 0.717) is 24.4 Å². The first-order valence-electron chi connectivity index (χ1n) is 6.72. The Morgan fingerprint density at radius 2 is 1.63 bits per heavy atom. The minimum atomic E-state index is -0.560. The molecule has 0 radical (unpaired) electrons. The largest absolute Gasteiger partial charge is 0.491 e. The van der Waals surface area contributed by atoms with Crippen molar-refractivity contribution in [3.8, 4) is 5.75 Å². The quantitative estimate of drug-likeness (QED) is 0.826. The Labute approximate surface area is 115 Å². The highest BCUT2D eigenvalue weighted by atomic mass is 19.1. The van der Waals surface area contributed by atoms with E-state index in [-0.39, 0.29) is 12.4 Å². The van der Waals surface area contributed by atoms with Crippen LogP contribution in [0.25, 0.3) is 0 Å². The van der Waals surface area contributed by atoms with Crippen molar-refractivity contribution in [3.05, 3.63) is 30.1 Å².